The van der Waals surface area contributed by atoms with Crippen LogP contribution in [0.15, 0.2) is 64.9 Å². The molecule has 1 N–H and O–H groups in total. The number of nitrogens with zero attached hydrogens (tertiary/aromatic N) is 1. The van der Waals surface area contributed by atoms with Gasteiger partial charge in [0.05, 0.1) is 12.8 Å². The highest BCUT2D eigenvalue weighted by Gasteiger charge is 2.06. The van der Waals surface area contributed by atoms with Crippen LogP contribution in [0, 0.1) is 0 Å². The normalized spacial score (nSPS) is 10.8. The van der Waals surface area contributed by atoms with Crippen molar-refractivity contribution in [3.8, 4) is 17.0 Å². The summed E-state index contributed by atoms with van der Waals surface area (Å²) in [5, 5.41) is 5.29. The van der Waals surface area contributed by atoms with Crippen LogP contribution < -0.4 is 10.1 Å². The molecule has 0 radical (unpaired) electrons. The van der Waals surface area contributed by atoms with Gasteiger partial charge in [-0.15, -0.1) is 23.1 Å². The molecule has 26 heavy (non-hydrogen) atoms. The summed E-state index contributed by atoms with van der Waals surface area (Å²) in [6.07, 6.45) is 5.34. The molecule has 0 unspecified atom stereocenters. The highest BCUT2D eigenvalue weighted by Crippen LogP contribution is 2.26. The first-order chi connectivity index (χ1) is 12.7. The maximum Gasteiger partial charge on any atom is 0.250 e. The largest absolute Gasteiger partial charge is 0.497 e. The predicted octanol–water partition coefficient (Wildman–Crippen LogP) is 5.19. The van der Waals surface area contributed by atoms with Crippen LogP contribution in [0.3, 0.4) is 0 Å². The maximum absolute atomic E-state index is 12.1. The first-order valence-electron chi connectivity index (χ1n) is 7.91. The Morgan fingerprint density at radius 1 is 1.15 bits per heavy atom. The molecule has 0 fully saturated rings. The molecule has 0 aliphatic carbocycles. The second kappa shape index (κ2) is 8.69. The Balaban J connectivity index is 1.62. The molecule has 0 aliphatic rings. The zero-order valence-corrected chi connectivity index (χ0v) is 16.1. The van der Waals surface area contributed by atoms with Crippen LogP contribution in [0.4, 0.5) is 5.13 Å². The Hall–Kier alpha value is -2.57. The number of carbonyl (C=O) groups is 1. The fourth-order valence-electron chi connectivity index (χ4n) is 2.26. The molecule has 2 aromatic carbocycles. The average Bonchev–Trinajstić information content (AvgIpc) is 3.15. The molecule has 0 atom stereocenters. The maximum atomic E-state index is 12.1. The van der Waals surface area contributed by atoms with Gasteiger partial charge in [-0.2, -0.15) is 0 Å². The Morgan fingerprint density at radius 3 is 2.54 bits per heavy atom. The molecule has 0 aliphatic heterocycles. The second-order valence-electron chi connectivity index (χ2n) is 5.36. The quantitative estimate of drug-likeness (QED) is 0.471. The molecule has 0 saturated carbocycles. The number of nitrogens with one attached hydrogen (secondary N) is 1. The van der Waals surface area contributed by atoms with Crippen molar-refractivity contribution in [3.05, 3.63) is 65.6 Å². The predicted molar refractivity (Wildman–Crippen MR) is 110 cm³/mol. The number of hydrogen-bond acceptors (Lipinski definition) is 5. The zero-order chi connectivity index (χ0) is 18.4. The number of carbonyl (C=O) groups excluding carboxylic acids is 1. The first kappa shape index (κ1) is 18.2. The molecule has 3 rings (SSSR count). The number of anilines is 1. The van der Waals surface area contributed by atoms with Crippen molar-refractivity contribution in [3.63, 3.8) is 0 Å². The minimum absolute atomic E-state index is 0.199. The monoisotopic (exact) mass is 382 g/mol. The van der Waals surface area contributed by atoms with Crippen molar-refractivity contribution in [1.82, 2.24) is 4.98 Å². The summed E-state index contributed by atoms with van der Waals surface area (Å²) < 4.78 is 5.16. The summed E-state index contributed by atoms with van der Waals surface area (Å²) in [4.78, 5) is 17.7. The van der Waals surface area contributed by atoms with E-state index in [0.29, 0.717) is 5.13 Å². The number of methoxy groups -OCH3 is 1. The van der Waals surface area contributed by atoms with Gasteiger partial charge in [0.2, 0.25) is 5.91 Å². The van der Waals surface area contributed by atoms with Crippen molar-refractivity contribution in [2.45, 2.75) is 4.90 Å². The molecule has 0 bridgehead atoms. The van der Waals surface area contributed by atoms with E-state index in [-0.39, 0.29) is 5.91 Å². The van der Waals surface area contributed by atoms with Crippen LogP contribution in [0.1, 0.15) is 5.56 Å². The van der Waals surface area contributed by atoms with E-state index in [4.69, 9.17) is 4.74 Å². The summed E-state index contributed by atoms with van der Waals surface area (Å²) in [5.74, 6) is 0.600. The van der Waals surface area contributed by atoms with Crippen molar-refractivity contribution in [2.75, 3.05) is 18.7 Å². The number of thiazole rings is 1. The van der Waals surface area contributed by atoms with Gasteiger partial charge in [0.1, 0.15) is 5.75 Å². The Labute approximate surface area is 160 Å². The minimum atomic E-state index is -0.199. The van der Waals surface area contributed by atoms with Gasteiger partial charge in [-0.1, -0.05) is 12.1 Å². The van der Waals surface area contributed by atoms with Crippen LogP contribution in [-0.2, 0) is 4.79 Å². The molecule has 132 valence electrons. The van der Waals surface area contributed by atoms with E-state index in [9.17, 15) is 4.79 Å². The third-order valence-corrected chi connectivity index (χ3v) is 5.16. The molecule has 1 heterocycles. The number of ether oxygens (including phenoxy) is 1. The molecular weight excluding hydrogens is 364 g/mol. The molecule has 3 aromatic rings. The van der Waals surface area contributed by atoms with Gasteiger partial charge in [0, 0.05) is 21.9 Å². The lowest BCUT2D eigenvalue weighted by Crippen LogP contribution is -2.07. The lowest BCUT2D eigenvalue weighted by molar-refractivity contribution is -0.111. The Kier molecular flexibility index (Phi) is 6.09. The molecule has 1 amide bonds. The standard InChI is InChI=1S/C20H18N2O2S2/c1-24-16-8-6-15(7-9-16)18-13-26-20(21-18)22-19(23)12-5-14-3-10-17(25-2)11-4-14/h3-13H,1-2H3,(H,21,22,23)/b12-5-. The van der Waals surface area contributed by atoms with Crippen molar-refractivity contribution >= 4 is 40.2 Å². The van der Waals surface area contributed by atoms with E-state index >= 15 is 0 Å². The van der Waals surface area contributed by atoms with E-state index in [1.54, 1.807) is 24.9 Å². The molecule has 0 spiro atoms. The van der Waals surface area contributed by atoms with Gasteiger partial charge in [-0.3, -0.25) is 10.1 Å². The summed E-state index contributed by atoms with van der Waals surface area (Å²) >= 11 is 3.09. The summed E-state index contributed by atoms with van der Waals surface area (Å²) in [6.45, 7) is 0. The topological polar surface area (TPSA) is 51.2 Å². The third kappa shape index (κ3) is 4.74. The van der Waals surface area contributed by atoms with Gasteiger partial charge in [-0.05, 0) is 54.3 Å². The van der Waals surface area contributed by atoms with Crippen molar-refractivity contribution < 1.29 is 9.53 Å². The fraction of sp³-hybridized carbons (Fsp3) is 0.100. The molecule has 0 saturated heterocycles. The fourth-order valence-corrected chi connectivity index (χ4v) is 3.39. The van der Waals surface area contributed by atoms with E-state index < -0.39 is 0 Å². The minimum Gasteiger partial charge on any atom is -0.497 e. The summed E-state index contributed by atoms with van der Waals surface area (Å²) in [6, 6.07) is 15.7. The van der Waals surface area contributed by atoms with Gasteiger partial charge in [-0.25, -0.2) is 4.98 Å². The van der Waals surface area contributed by atoms with E-state index in [1.807, 2.05) is 60.2 Å². The summed E-state index contributed by atoms with van der Waals surface area (Å²) in [7, 11) is 1.64. The van der Waals surface area contributed by atoms with E-state index in [1.165, 1.54) is 22.3 Å². The van der Waals surface area contributed by atoms with Gasteiger partial charge < -0.3 is 4.74 Å². The van der Waals surface area contributed by atoms with Crippen LogP contribution in [-0.4, -0.2) is 24.3 Å². The van der Waals surface area contributed by atoms with Crippen LogP contribution in [0.5, 0.6) is 5.75 Å². The lowest BCUT2D eigenvalue weighted by atomic mass is 10.2. The SMILES string of the molecule is COc1ccc(-c2csc(NC(=O)/C=C\c3ccc(SC)cc3)n2)cc1. The smallest absolute Gasteiger partial charge is 0.250 e. The number of rotatable bonds is 6. The number of benzene rings is 2. The number of aromatic nitrogens is 1. The summed E-state index contributed by atoms with van der Waals surface area (Å²) in [5.41, 5.74) is 2.78. The van der Waals surface area contributed by atoms with Crippen LogP contribution in [0.25, 0.3) is 17.3 Å². The Morgan fingerprint density at radius 2 is 1.88 bits per heavy atom. The van der Waals surface area contributed by atoms with Crippen molar-refractivity contribution in [1.29, 1.82) is 0 Å². The molecule has 1 aromatic heterocycles. The number of amides is 1. The van der Waals surface area contributed by atoms with Gasteiger partial charge >= 0.3 is 0 Å². The zero-order valence-electron chi connectivity index (χ0n) is 14.4. The van der Waals surface area contributed by atoms with Crippen LogP contribution >= 0.6 is 23.1 Å². The number of hydrogen-bond donors (Lipinski definition) is 1. The highest BCUT2D eigenvalue weighted by molar-refractivity contribution is 7.98. The molecular formula is C20H18N2O2S2. The van der Waals surface area contributed by atoms with Gasteiger partial charge in [0.15, 0.2) is 5.13 Å². The molecule has 6 heteroatoms. The van der Waals surface area contributed by atoms with E-state index in [2.05, 4.69) is 10.3 Å². The number of thioether (sulfide) groups is 1. The lowest BCUT2D eigenvalue weighted by Gasteiger charge is -2.00. The van der Waals surface area contributed by atoms with Gasteiger partial charge in [0.25, 0.3) is 0 Å². The Bertz CT molecular complexity index is 900. The third-order valence-electron chi connectivity index (χ3n) is 3.66. The molecule has 4 nitrogen and oxygen atoms in total. The second-order valence-corrected chi connectivity index (χ2v) is 7.10. The average molecular weight is 383 g/mol. The highest BCUT2D eigenvalue weighted by atomic mass is 32.2. The van der Waals surface area contributed by atoms with Crippen molar-refractivity contribution in [2.24, 2.45) is 0 Å². The first-order valence-corrected chi connectivity index (χ1v) is 10.0. The van der Waals surface area contributed by atoms with Crippen LogP contribution in [0.2, 0.25) is 0 Å². The van der Waals surface area contributed by atoms with E-state index in [0.717, 1.165) is 22.6 Å².